The largest absolute Gasteiger partial charge is 0.444 e. The lowest BCUT2D eigenvalue weighted by Crippen LogP contribution is -2.38. The Hall–Kier alpha value is -3.16. The summed E-state index contributed by atoms with van der Waals surface area (Å²) < 4.78 is 10.7. The minimum absolute atomic E-state index is 0.169. The Morgan fingerprint density at radius 2 is 2.03 bits per heavy atom. The molecule has 1 aliphatic rings. The third kappa shape index (κ3) is 4.16. The van der Waals surface area contributed by atoms with Crippen LogP contribution in [-0.4, -0.2) is 32.6 Å². The number of nitrogens with zero attached hydrogens (tertiary/aromatic N) is 4. The molecule has 0 spiro atoms. The van der Waals surface area contributed by atoms with E-state index in [-0.39, 0.29) is 12.1 Å². The van der Waals surface area contributed by atoms with Gasteiger partial charge in [0.05, 0.1) is 11.7 Å². The van der Waals surface area contributed by atoms with Gasteiger partial charge in [-0.2, -0.15) is 4.98 Å². The van der Waals surface area contributed by atoms with Gasteiger partial charge in [0.2, 0.25) is 11.8 Å². The van der Waals surface area contributed by atoms with Gasteiger partial charge in [-0.25, -0.2) is 9.78 Å². The van der Waals surface area contributed by atoms with Crippen LogP contribution in [0.2, 0.25) is 0 Å². The summed E-state index contributed by atoms with van der Waals surface area (Å²) in [6.07, 6.45) is 5.50. The number of urea groups is 1. The first-order valence-corrected chi connectivity index (χ1v) is 9.92. The van der Waals surface area contributed by atoms with Crippen LogP contribution in [0.1, 0.15) is 54.7 Å². The van der Waals surface area contributed by atoms with Crippen LogP contribution in [0.3, 0.4) is 0 Å². The topological polar surface area (TPSA) is 97.3 Å². The Balaban J connectivity index is 1.57. The predicted octanol–water partition coefficient (Wildman–Crippen LogP) is 4.80. The molecule has 1 N–H and O–H groups in total. The summed E-state index contributed by atoms with van der Waals surface area (Å²) in [6, 6.07) is 5.38. The molecule has 2 aromatic heterocycles. The molecule has 2 amide bonds. The average Bonchev–Trinajstić information content (AvgIpc) is 3.24. The second kappa shape index (κ2) is 8.06. The molecule has 3 aromatic rings. The van der Waals surface area contributed by atoms with Crippen LogP contribution >= 0.6 is 0 Å². The first kappa shape index (κ1) is 19.2. The van der Waals surface area contributed by atoms with Crippen molar-refractivity contribution in [1.82, 2.24) is 20.0 Å². The minimum Gasteiger partial charge on any atom is -0.444 e. The number of aromatic nitrogens is 3. The van der Waals surface area contributed by atoms with Crippen molar-refractivity contribution in [1.29, 1.82) is 0 Å². The van der Waals surface area contributed by atoms with E-state index in [1.807, 2.05) is 36.9 Å². The van der Waals surface area contributed by atoms with E-state index in [1.165, 1.54) is 0 Å². The zero-order chi connectivity index (χ0) is 20.4. The average molecular weight is 395 g/mol. The lowest BCUT2D eigenvalue weighted by molar-refractivity contribution is 0.184. The lowest BCUT2D eigenvalue weighted by Gasteiger charge is -2.28. The summed E-state index contributed by atoms with van der Waals surface area (Å²) in [7, 11) is 0. The van der Waals surface area contributed by atoms with Crippen molar-refractivity contribution in [3.63, 3.8) is 0 Å². The number of amides is 2. The maximum Gasteiger partial charge on any atom is 0.322 e. The summed E-state index contributed by atoms with van der Waals surface area (Å²) >= 11 is 0. The van der Waals surface area contributed by atoms with Crippen molar-refractivity contribution in [2.45, 2.75) is 52.5 Å². The molecule has 0 saturated carbocycles. The van der Waals surface area contributed by atoms with Crippen molar-refractivity contribution in [3.05, 3.63) is 47.4 Å². The molecule has 29 heavy (non-hydrogen) atoms. The molecule has 0 bridgehead atoms. The van der Waals surface area contributed by atoms with E-state index >= 15 is 0 Å². The fraction of sp³-hybridized carbons (Fsp3) is 0.429. The van der Waals surface area contributed by atoms with Crippen LogP contribution in [0.15, 0.2) is 33.4 Å². The molecular formula is C21H25N5O3. The Bertz CT molecular complexity index is 1010. The predicted molar refractivity (Wildman–Crippen MR) is 107 cm³/mol. The minimum atomic E-state index is -0.186. The Morgan fingerprint density at radius 1 is 1.17 bits per heavy atom. The van der Waals surface area contributed by atoms with E-state index in [1.54, 1.807) is 13.2 Å². The molecular weight excluding hydrogens is 370 g/mol. The fourth-order valence-electron chi connectivity index (χ4n) is 3.67. The molecule has 0 radical (unpaired) electrons. The van der Waals surface area contributed by atoms with Crippen molar-refractivity contribution in [3.8, 4) is 11.5 Å². The zero-order valence-electron chi connectivity index (χ0n) is 16.9. The third-order valence-electron chi connectivity index (χ3n) is 5.19. The van der Waals surface area contributed by atoms with Gasteiger partial charge in [0.1, 0.15) is 6.26 Å². The first-order valence-electron chi connectivity index (χ1n) is 9.92. The number of likely N-dealkylation sites (tertiary alicyclic amines) is 1. The van der Waals surface area contributed by atoms with Crippen LogP contribution < -0.4 is 5.32 Å². The molecule has 8 nitrogen and oxygen atoms in total. The summed E-state index contributed by atoms with van der Waals surface area (Å²) in [5.74, 6) is 1.62. The van der Waals surface area contributed by atoms with Gasteiger partial charge >= 0.3 is 6.03 Å². The zero-order valence-corrected chi connectivity index (χ0v) is 16.9. The number of benzene rings is 1. The van der Waals surface area contributed by atoms with Crippen molar-refractivity contribution in [2.75, 3.05) is 11.9 Å². The highest BCUT2D eigenvalue weighted by atomic mass is 16.5. The molecule has 152 valence electrons. The number of anilines is 1. The number of hydrogen-bond donors (Lipinski definition) is 1. The van der Waals surface area contributed by atoms with Gasteiger partial charge in [-0.3, -0.25) is 0 Å². The van der Waals surface area contributed by atoms with E-state index < -0.39 is 0 Å². The molecule has 1 aliphatic heterocycles. The maximum atomic E-state index is 13.1. The molecule has 3 heterocycles. The fourth-order valence-corrected chi connectivity index (χ4v) is 3.67. The molecule has 1 aromatic carbocycles. The summed E-state index contributed by atoms with van der Waals surface area (Å²) in [5, 5.41) is 7.08. The molecule has 1 atom stereocenters. The number of rotatable bonds is 3. The number of carbonyl (C=O) groups excluding carboxylic acids is 1. The van der Waals surface area contributed by atoms with E-state index in [2.05, 4.69) is 20.4 Å². The van der Waals surface area contributed by atoms with Crippen molar-refractivity contribution < 1.29 is 13.7 Å². The quantitative estimate of drug-likeness (QED) is 0.684. The van der Waals surface area contributed by atoms with Crippen LogP contribution in [0.25, 0.3) is 11.5 Å². The maximum absolute atomic E-state index is 13.1. The summed E-state index contributed by atoms with van der Waals surface area (Å²) in [6.45, 7) is 6.29. The standard InChI is InChI=1S/C21H25N5O3/c1-13-8-9-16(11-17(13)20-22-14(2)12-28-20)24-21(27)26-10-6-4-5-7-18(26)19-23-15(3)29-25-19/h8-9,11-12,18H,4-7,10H2,1-3H3,(H,24,27). The van der Waals surface area contributed by atoms with Gasteiger partial charge in [0, 0.05) is 24.7 Å². The molecule has 1 saturated heterocycles. The summed E-state index contributed by atoms with van der Waals surface area (Å²) in [4.78, 5) is 23.7. The van der Waals surface area contributed by atoms with E-state index in [9.17, 15) is 4.79 Å². The smallest absolute Gasteiger partial charge is 0.322 e. The van der Waals surface area contributed by atoms with Crippen LogP contribution in [0.5, 0.6) is 0 Å². The van der Waals surface area contributed by atoms with Gasteiger partial charge in [0.25, 0.3) is 0 Å². The molecule has 8 heteroatoms. The number of aryl methyl sites for hydroxylation is 3. The summed E-state index contributed by atoms with van der Waals surface area (Å²) in [5.41, 5.74) is 3.40. The number of hydrogen-bond acceptors (Lipinski definition) is 6. The Morgan fingerprint density at radius 3 is 2.76 bits per heavy atom. The van der Waals surface area contributed by atoms with Crippen LogP contribution in [0.4, 0.5) is 10.5 Å². The van der Waals surface area contributed by atoms with Crippen molar-refractivity contribution in [2.24, 2.45) is 0 Å². The number of oxazole rings is 1. The Kier molecular flexibility index (Phi) is 5.33. The van der Waals surface area contributed by atoms with Crippen LogP contribution in [-0.2, 0) is 0 Å². The highest BCUT2D eigenvalue weighted by molar-refractivity contribution is 5.90. The van der Waals surface area contributed by atoms with Gasteiger partial charge in [-0.05, 0) is 44.4 Å². The first-order chi connectivity index (χ1) is 14.0. The molecule has 1 fully saturated rings. The normalized spacial score (nSPS) is 17.2. The molecule has 4 rings (SSSR count). The van der Waals surface area contributed by atoms with Crippen LogP contribution in [0, 0.1) is 20.8 Å². The van der Waals surface area contributed by atoms with E-state index in [0.717, 1.165) is 42.5 Å². The number of carbonyl (C=O) groups is 1. The lowest BCUT2D eigenvalue weighted by atomic mass is 10.1. The van der Waals surface area contributed by atoms with Gasteiger partial charge in [-0.15, -0.1) is 0 Å². The van der Waals surface area contributed by atoms with E-state index in [4.69, 9.17) is 8.94 Å². The highest BCUT2D eigenvalue weighted by Crippen LogP contribution is 2.30. The third-order valence-corrected chi connectivity index (χ3v) is 5.19. The monoisotopic (exact) mass is 395 g/mol. The Labute approximate surface area is 169 Å². The van der Waals surface area contributed by atoms with Gasteiger partial charge < -0.3 is 19.2 Å². The van der Waals surface area contributed by atoms with Gasteiger partial charge in [0.15, 0.2) is 5.82 Å². The SMILES string of the molecule is Cc1coc(-c2cc(NC(=O)N3CCCCCC3c3noc(C)n3)ccc2C)n1. The number of nitrogens with one attached hydrogen (secondary N) is 1. The second-order valence-corrected chi connectivity index (χ2v) is 7.48. The molecule has 1 unspecified atom stereocenters. The van der Waals surface area contributed by atoms with Crippen molar-refractivity contribution >= 4 is 11.7 Å². The van der Waals surface area contributed by atoms with E-state index in [0.29, 0.717) is 29.8 Å². The van der Waals surface area contributed by atoms with Gasteiger partial charge in [-0.1, -0.05) is 24.1 Å². The second-order valence-electron chi connectivity index (χ2n) is 7.48. The molecule has 0 aliphatic carbocycles. The highest BCUT2D eigenvalue weighted by Gasteiger charge is 2.30.